The number of nitrogens with two attached hydrogens (primary N) is 1. The summed E-state index contributed by atoms with van der Waals surface area (Å²) in [5.74, 6) is 0.490. The van der Waals surface area contributed by atoms with Gasteiger partial charge in [0.1, 0.15) is 0 Å². The van der Waals surface area contributed by atoms with Gasteiger partial charge in [-0.15, -0.1) is 24.9 Å². The average molecular weight is 276 g/mol. The SMILES string of the molecule is C=CCN(CC=C)C(=O)CSc1ccc(N)c(C)c1. The smallest absolute Gasteiger partial charge is 0.233 e. The van der Waals surface area contributed by atoms with Crippen molar-refractivity contribution in [1.82, 2.24) is 4.90 Å². The van der Waals surface area contributed by atoms with Crippen molar-refractivity contribution in [3.05, 3.63) is 49.1 Å². The van der Waals surface area contributed by atoms with Crippen molar-refractivity contribution in [2.24, 2.45) is 0 Å². The number of carbonyl (C=O) groups is 1. The Morgan fingerprint density at radius 1 is 1.37 bits per heavy atom. The lowest BCUT2D eigenvalue weighted by atomic mass is 10.2. The number of hydrogen-bond donors (Lipinski definition) is 1. The number of nitrogens with zero attached hydrogens (tertiary/aromatic N) is 1. The molecule has 0 fully saturated rings. The number of anilines is 1. The van der Waals surface area contributed by atoms with Gasteiger partial charge in [-0.2, -0.15) is 0 Å². The van der Waals surface area contributed by atoms with Crippen molar-refractivity contribution in [3.8, 4) is 0 Å². The molecule has 3 nitrogen and oxygen atoms in total. The molecule has 0 aromatic heterocycles. The second-order valence-electron chi connectivity index (χ2n) is 4.18. The fraction of sp³-hybridized carbons (Fsp3) is 0.267. The van der Waals surface area contributed by atoms with Gasteiger partial charge in [0.15, 0.2) is 0 Å². The summed E-state index contributed by atoms with van der Waals surface area (Å²) in [6.07, 6.45) is 3.44. The highest BCUT2D eigenvalue weighted by molar-refractivity contribution is 8.00. The molecule has 0 spiro atoms. The number of nitrogen functional groups attached to an aromatic ring is 1. The molecule has 2 N–H and O–H groups in total. The molecule has 0 aliphatic carbocycles. The summed E-state index contributed by atoms with van der Waals surface area (Å²) < 4.78 is 0. The van der Waals surface area contributed by atoms with E-state index in [-0.39, 0.29) is 5.91 Å². The Hall–Kier alpha value is -1.68. The van der Waals surface area contributed by atoms with Crippen molar-refractivity contribution >= 4 is 23.4 Å². The van der Waals surface area contributed by atoms with Gasteiger partial charge in [-0.05, 0) is 30.7 Å². The predicted molar refractivity (Wildman–Crippen MR) is 83.3 cm³/mol. The van der Waals surface area contributed by atoms with Gasteiger partial charge in [0.05, 0.1) is 5.75 Å². The first-order valence-electron chi connectivity index (χ1n) is 6.07. The summed E-state index contributed by atoms with van der Waals surface area (Å²) in [5.41, 5.74) is 7.57. The second kappa shape index (κ2) is 7.69. The molecule has 0 bridgehead atoms. The van der Waals surface area contributed by atoms with Crippen LogP contribution >= 0.6 is 11.8 Å². The lowest BCUT2D eigenvalue weighted by Gasteiger charge is -2.19. The molecule has 0 saturated heterocycles. The maximum absolute atomic E-state index is 12.0. The highest BCUT2D eigenvalue weighted by Crippen LogP contribution is 2.22. The van der Waals surface area contributed by atoms with Crippen LogP contribution in [0.25, 0.3) is 0 Å². The van der Waals surface area contributed by atoms with Crippen molar-refractivity contribution in [1.29, 1.82) is 0 Å². The van der Waals surface area contributed by atoms with E-state index in [0.717, 1.165) is 16.1 Å². The highest BCUT2D eigenvalue weighted by Gasteiger charge is 2.11. The minimum absolute atomic E-state index is 0.0827. The van der Waals surface area contributed by atoms with Gasteiger partial charge < -0.3 is 10.6 Å². The molecule has 0 heterocycles. The van der Waals surface area contributed by atoms with Crippen molar-refractivity contribution in [2.45, 2.75) is 11.8 Å². The van der Waals surface area contributed by atoms with Gasteiger partial charge in [-0.25, -0.2) is 0 Å². The molecule has 4 heteroatoms. The Kier molecular flexibility index (Phi) is 6.22. The Bertz CT molecular complexity index is 461. The number of amides is 1. The van der Waals surface area contributed by atoms with E-state index >= 15 is 0 Å². The normalized spacial score (nSPS) is 9.95. The second-order valence-corrected chi connectivity index (χ2v) is 5.23. The van der Waals surface area contributed by atoms with E-state index in [1.54, 1.807) is 17.1 Å². The molecular formula is C15H20N2OS. The van der Waals surface area contributed by atoms with Gasteiger partial charge in [-0.3, -0.25) is 4.79 Å². The van der Waals surface area contributed by atoms with Crippen LogP contribution in [0.3, 0.4) is 0 Å². The minimum Gasteiger partial charge on any atom is -0.399 e. The summed E-state index contributed by atoms with van der Waals surface area (Å²) in [7, 11) is 0. The van der Waals surface area contributed by atoms with E-state index in [2.05, 4.69) is 13.2 Å². The standard InChI is InChI=1S/C15H20N2OS/c1-4-8-17(9-5-2)15(18)11-19-13-6-7-14(16)12(3)10-13/h4-7,10H,1-2,8-9,11,16H2,3H3. The van der Waals surface area contributed by atoms with E-state index in [1.165, 1.54) is 11.8 Å². The molecular weight excluding hydrogens is 256 g/mol. The van der Waals surface area contributed by atoms with Crippen LogP contribution in [0.15, 0.2) is 48.4 Å². The molecule has 0 aliphatic heterocycles. The number of aryl methyl sites for hydroxylation is 1. The number of hydrogen-bond acceptors (Lipinski definition) is 3. The van der Waals surface area contributed by atoms with E-state index < -0.39 is 0 Å². The van der Waals surface area contributed by atoms with Crippen LogP contribution < -0.4 is 5.73 Å². The fourth-order valence-electron chi connectivity index (χ4n) is 1.56. The first-order chi connectivity index (χ1) is 9.08. The molecule has 0 radical (unpaired) electrons. The van der Waals surface area contributed by atoms with Crippen LogP contribution in [0.5, 0.6) is 0 Å². The molecule has 1 rings (SSSR count). The molecule has 102 valence electrons. The summed E-state index contributed by atoms with van der Waals surface area (Å²) in [6, 6.07) is 5.80. The van der Waals surface area contributed by atoms with Gasteiger partial charge in [-0.1, -0.05) is 12.2 Å². The molecule has 0 atom stereocenters. The third-order valence-electron chi connectivity index (χ3n) is 2.66. The van der Waals surface area contributed by atoms with Crippen LogP contribution in [0.2, 0.25) is 0 Å². The van der Waals surface area contributed by atoms with E-state index in [4.69, 9.17) is 5.73 Å². The van der Waals surface area contributed by atoms with Crippen LogP contribution in [0.4, 0.5) is 5.69 Å². The number of benzene rings is 1. The maximum Gasteiger partial charge on any atom is 0.233 e. The third kappa shape index (κ3) is 4.83. The van der Waals surface area contributed by atoms with E-state index in [0.29, 0.717) is 18.8 Å². The first-order valence-corrected chi connectivity index (χ1v) is 7.05. The zero-order valence-corrected chi connectivity index (χ0v) is 12.1. The molecule has 1 aromatic carbocycles. The molecule has 1 aromatic rings. The summed E-state index contributed by atoms with van der Waals surface area (Å²) in [5, 5.41) is 0. The summed E-state index contributed by atoms with van der Waals surface area (Å²) in [6.45, 7) is 10.4. The van der Waals surface area contributed by atoms with Crippen LogP contribution in [-0.4, -0.2) is 29.6 Å². The fourth-order valence-corrected chi connectivity index (χ4v) is 2.46. The first kappa shape index (κ1) is 15.4. The molecule has 0 saturated carbocycles. The van der Waals surface area contributed by atoms with Crippen LogP contribution in [0, 0.1) is 6.92 Å². The quantitative estimate of drug-likeness (QED) is 0.473. The number of thioether (sulfide) groups is 1. The molecule has 0 aliphatic rings. The highest BCUT2D eigenvalue weighted by atomic mass is 32.2. The van der Waals surface area contributed by atoms with Crippen LogP contribution in [0.1, 0.15) is 5.56 Å². The number of carbonyl (C=O) groups excluding carboxylic acids is 1. The monoisotopic (exact) mass is 276 g/mol. The van der Waals surface area contributed by atoms with Crippen molar-refractivity contribution in [2.75, 3.05) is 24.6 Å². The topological polar surface area (TPSA) is 46.3 Å². The maximum atomic E-state index is 12.0. The average Bonchev–Trinajstić information content (AvgIpc) is 2.39. The predicted octanol–water partition coefficient (Wildman–Crippen LogP) is 2.87. The summed E-state index contributed by atoms with van der Waals surface area (Å²) >= 11 is 1.52. The molecule has 0 unspecified atom stereocenters. The third-order valence-corrected chi connectivity index (χ3v) is 3.63. The van der Waals surface area contributed by atoms with Gasteiger partial charge in [0.2, 0.25) is 5.91 Å². The lowest BCUT2D eigenvalue weighted by Crippen LogP contribution is -2.32. The van der Waals surface area contributed by atoms with E-state index in [1.807, 2.05) is 25.1 Å². The van der Waals surface area contributed by atoms with E-state index in [9.17, 15) is 4.79 Å². The van der Waals surface area contributed by atoms with Gasteiger partial charge in [0.25, 0.3) is 0 Å². The Morgan fingerprint density at radius 3 is 2.53 bits per heavy atom. The lowest BCUT2D eigenvalue weighted by molar-refractivity contribution is -0.127. The van der Waals surface area contributed by atoms with Gasteiger partial charge >= 0.3 is 0 Å². The zero-order valence-electron chi connectivity index (χ0n) is 11.3. The summed E-state index contributed by atoms with van der Waals surface area (Å²) in [4.78, 5) is 14.8. The van der Waals surface area contributed by atoms with Gasteiger partial charge in [0, 0.05) is 23.7 Å². The van der Waals surface area contributed by atoms with Crippen LogP contribution in [-0.2, 0) is 4.79 Å². The van der Waals surface area contributed by atoms with Crippen molar-refractivity contribution in [3.63, 3.8) is 0 Å². The Morgan fingerprint density at radius 2 is 2.00 bits per heavy atom. The Balaban J connectivity index is 2.58. The minimum atomic E-state index is 0.0827. The zero-order chi connectivity index (χ0) is 14.3. The molecule has 1 amide bonds. The number of rotatable bonds is 7. The largest absolute Gasteiger partial charge is 0.399 e. The van der Waals surface area contributed by atoms with Crippen molar-refractivity contribution < 1.29 is 4.79 Å². The Labute approximate surface area is 119 Å². The molecule has 19 heavy (non-hydrogen) atoms.